The van der Waals surface area contributed by atoms with Crippen LogP contribution in [0.25, 0.3) is 5.73 Å². The predicted octanol–water partition coefficient (Wildman–Crippen LogP) is 3.96. The maximum atomic E-state index is 11.7. The molecule has 0 aliphatic heterocycles. The van der Waals surface area contributed by atoms with E-state index in [4.69, 9.17) is 10.5 Å². The van der Waals surface area contributed by atoms with Crippen molar-refractivity contribution in [3.05, 3.63) is 36.6 Å². The molecule has 1 amide bonds. The maximum absolute atomic E-state index is 11.7. The second-order valence-electron chi connectivity index (χ2n) is 5.11. The average molecular weight is 358 g/mol. The van der Waals surface area contributed by atoms with Crippen molar-refractivity contribution in [2.24, 2.45) is 5.41 Å². The van der Waals surface area contributed by atoms with Gasteiger partial charge >= 0.3 is 23.2 Å². The van der Waals surface area contributed by atoms with Crippen LogP contribution in [0.1, 0.15) is 31.7 Å². The molecule has 22 heavy (non-hydrogen) atoms. The number of nitrogens with one attached hydrogen (secondary N) is 1. The van der Waals surface area contributed by atoms with E-state index in [1.54, 1.807) is 6.07 Å². The minimum Gasteiger partial charge on any atom is -0.667 e. The smallest absolute Gasteiger partial charge is 0.667 e. The van der Waals surface area contributed by atoms with Gasteiger partial charge in [-0.3, -0.25) is 4.98 Å². The quantitative estimate of drug-likeness (QED) is 0.605. The molecule has 1 aliphatic carbocycles. The van der Waals surface area contributed by atoms with Crippen molar-refractivity contribution in [3.63, 3.8) is 0 Å². The number of carbonyl (C=O) groups is 1. The molecule has 0 unspecified atom stereocenters. The van der Waals surface area contributed by atoms with Gasteiger partial charge in [-0.05, 0) is 12.8 Å². The van der Waals surface area contributed by atoms with Crippen LogP contribution in [0, 0.1) is 12.3 Å². The Balaban J connectivity index is 0.000000465. The van der Waals surface area contributed by atoms with Gasteiger partial charge < -0.3 is 15.3 Å². The first-order valence-corrected chi connectivity index (χ1v) is 6.36. The molecular weight excluding hydrogens is 341 g/mol. The molecular formula is C14H17F3FeN2O2. The van der Waals surface area contributed by atoms with E-state index in [9.17, 15) is 18.0 Å². The minimum absolute atomic E-state index is 0. The number of hydrogen-bond acceptors (Lipinski definition) is 3. The van der Waals surface area contributed by atoms with Gasteiger partial charge in [-0.15, -0.1) is 0 Å². The topological polar surface area (TPSA) is 63.0 Å². The van der Waals surface area contributed by atoms with Crippen molar-refractivity contribution in [3.8, 4) is 5.88 Å². The fourth-order valence-corrected chi connectivity index (χ4v) is 1.18. The summed E-state index contributed by atoms with van der Waals surface area (Å²) in [4.78, 5) is 13.9. The number of rotatable bonds is 4. The number of nitrogens with zero attached hydrogens (tertiary/aromatic N) is 1. The molecule has 1 fully saturated rings. The van der Waals surface area contributed by atoms with Crippen LogP contribution in [0.4, 0.5) is 13.2 Å². The summed E-state index contributed by atoms with van der Waals surface area (Å²) in [6, 6.07) is 3.11. The summed E-state index contributed by atoms with van der Waals surface area (Å²) in [5.41, 5.74) is 7.12. The summed E-state index contributed by atoms with van der Waals surface area (Å²) in [6.07, 6.45) is -1.87. The molecule has 1 N–H and O–H groups in total. The largest absolute Gasteiger partial charge is 2.00 e. The Labute approximate surface area is 138 Å². The number of hydrogen-bond donors (Lipinski definition) is 0. The second kappa shape index (κ2) is 8.29. The van der Waals surface area contributed by atoms with Crippen LogP contribution in [-0.2, 0) is 21.9 Å². The summed E-state index contributed by atoms with van der Waals surface area (Å²) in [6.45, 7) is 5.01. The molecule has 0 saturated heterocycles. The third-order valence-corrected chi connectivity index (χ3v) is 2.98. The first-order chi connectivity index (χ1) is 9.62. The Kier molecular flexibility index (Phi) is 7.76. The molecule has 8 heteroatoms. The van der Waals surface area contributed by atoms with E-state index in [0.717, 1.165) is 12.8 Å². The van der Waals surface area contributed by atoms with Gasteiger partial charge in [0.25, 0.3) is 0 Å². The zero-order valence-corrected chi connectivity index (χ0v) is 13.1. The Morgan fingerprint density at radius 3 is 2.36 bits per heavy atom. The van der Waals surface area contributed by atoms with Crippen LogP contribution >= 0.6 is 0 Å². The fraction of sp³-hybridized carbons (Fsp3) is 0.500. The van der Waals surface area contributed by atoms with Crippen molar-refractivity contribution < 1.29 is 39.8 Å². The maximum Gasteiger partial charge on any atom is 2.00 e. The Bertz CT molecular complexity index is 474. The normalized spacial score (nSPS) is 14.9. The molecule has 1 heterocycles. The molecule has 2 rings (SSSR count). The van der Waals surface area contributed by atoms with Crippen LogP contribution in [0.2, 0.25) is 0 Å². The standard InChI is InChI=1S/C9H9F3NO.C5H9NO.Fe/c1-7-2-3-8(13-6-7)14-5-4-9(10,11)12;1-5(2-3-5)4(6)7;/h2-3,6H,1,4-5H2;2-3H2,1H3,(H2,6,7);/q-1;;+2/p-1. The van der Waals surface area contributed by atoms with Gasteiger partial charge in [0.05, 0.1) is 18.9 Å². The minimum atomic E-state index is -4.19. The zero-order chi connectivity index (χ0) is 16.1. The Morgan fingerprint density at radius 2 is 2.05 bits per heavy atom. The molecule has 1 aliphatic rings. The number of pyridine rings is 1. The zero-order valence-electron chi connectivity index (χ0n) is 12.0. The van der Waals surface area contributed by atoms with Crippen molar-refractivity contribution in [1.29, 1.82) is 0 Å². The van der Waals surface area contributed by atoms with E-state index in [0.29, 0.717) is 5.56 Å². The first kappa shape index (κ1) is 20.6. The molecule has 4 nitrogen and oxygen atoms in total. The van der Waals surface area contributed by atoms with Crippen LogP contribution in [0.15, 0.2) is 18.3 Å². The Morgan fingerprint density at radius 1 is 1.45 bits per heavy atom. The molecule has 1 aromatic rings. The molecule has 0 bridgehead atoms. The number of amides is 1. The summed E-state index contributed by atoms with van der Waals surface area (Å²) in [5, 5.41) is 0. The summed E-state index contributed by atoms with van der Waals surface area (Å²) < 4.78 is 39.9. The first-order valence-electron chi connectivity index (χ1n) is 6.36. The summed E-state index contributed by atoms with van der Waals surface area (Å²) >= 11 is 0. The van der Waals surface area contributed by atoms with E-state index in [1.807, 2.05) is 6.92 Å². The van der Waals surface area contributed by atoms with Gasteiger partial charge in [-0.2, -0.15) is 31.7 Å². The van der Waals surface area contributed by atoms with Crippen molar-refractivity contribution in [1.82, 2.24) is 4.98 Å². The van der Waals surface area contributed by atoms with Crippen molar-refractivity contribution >= 4 is 5.91 Å². The van der Waals surface area contributed by atoms with Gasteiger partial charge in [0.15, 0.2) is 5.88 Å². The number of halogens is 3. The molecule has 1 aromatic heterocycles. The molecule has 0 spiro atoms. The van der Waals surface area contributed by atoms with Gasteiger partial charge in [0.2, 0.25) is 0 Å². The summed E-state index contributed by atoms with van der Waals surface area (Å²) in [7, 11) is 0. The number of aromatic nitrogens is 1. The van der Waals surface area contributed by atoms with Gasteiger partial charge in [0, 0.05) is 5.41 Å². The van der Waals surface area contributed by atoms with Crippen molar-refractivity contribution in [2.75, 3.05) is 6.61 Å². The third kappa shape index (κ3) is 8.14. The SMILES string of the molecule is CC1(C([NH-])=O)CC1.[CH2-]c1ccc(OCCC(F)(F)F)nc1.[Fe+2]. The molecule has 1 saturated carbocycles. The molecule has 0 atom stereocenters. The fourth-order valence-electron chi connectivity index (χ4n) is 1.18. The predicted molar refractivity (Wildman–Crippen MR) is 71.5 cm³/mol. The van der Waals surface area contributed by atoms with Crippen molar-refractivity contribution in [2.45, 2.75) is 32.4 Å². The summed E-state index contributed by atoms with van der Waals surface area (Å²) in [5.74, 6) is -0.214. The van der Waals surface area contributed by atoms with Crippen LogP contribution in [-0.4, -0.2) is 23.7 Å². The monoisotopic (exact) mass is 358 g/mol. The number of ether oxygens (including phenoxy) is 1. The second-order valence-corrected chi connectivity index (χ2v) is 5.11. The molecule has 0 aromatic carbocycles. The number of carbonyl (C=O) groups excluding carboxylic acids is 1. The van der Waals surface area contributed by atoms with Crippen LogP contribution in [0.5, 0.6) is 5.88 Å². The Hall–Kier alpha value is -1.40. The van der Waals surface area contributed by atoms with Gasteiger partial charge in [-0.25, -0.2) is 0 Å². The van der Waals surface area contributed by atoms with Gasteiger partial charge in [-0.1, -0.05) is 19.2 Å². The number of alkyl halides is 3. The van der Waals surface area contributed by atoms with E-state index in [-0.39, 0.29) is 28.4 Å². The van der Waals surface area contributed by atoms with E-state index in [1.165, 1.54) is 12.3 Å². The van der Waals surface area contributed by atoms with E-state index in [2.05, 4.69) is 11.9 Å². The van der Waals surface area contributed by atoms with E-state index < -0.39 is 25.1 Å². The van der Waals surface area contributed by atoms with Crippen LogP contribution < -0.4 is 4.74 Å². The molecule has 0 radical (unpaired) electrons. The van der Waals surface area contributed by atoms with Crippen LogP contribution in [0.3, 0.4) is 0 Å². The average Bonchev–Trinajstić information content (AvgIpc) is 3.11. The molecule has 124 valence electrons. The third-order valence-electron chi connectivity index (χ3n) is 2.98. The van der Waals surface area contributed by atoms with E-state index >= 15 is 0 Å². The van der Waals surface area contributed by atoms with Gasteiger partial charge in [0.1, 0.15) is 0 Å².